The predicted molar refractivity (Wildman–Crippen MR) is 120 cm³/mol. The van der Waals surface area contributed by atoms with Gasteiger partial charge in [0.25, 0.3) is 5.91 Å². The zero-order valence-corrected chi connectivity index (χ0v) is 17.5. The van der Waals surface area contributed by atoms with Crippen molar-refractivity contribution in [2.24, 2.45) is 4.99 Å². The summed E-state index contributed by atoms with van der Waals surface area (Å²) in [5.74, 6) is 0.215. The second kappa shape index (κ2) is 7.68. The maximum atomic E-state index is 13.1. The van der Waals surface area contributed by atoms with E-state index in [1.807, 2.05) is 47.0 Å². The molecule has 0 aliphatic heterocycles. The quantitative estimate of drug-likeness (QED) is 0.429. The van der Waals surface area contributed by atoms with Gasteiger partial charge < -0.3 is 9.30 Å². The van der Waals surface area contributed by atoms with Gasteiger partial charge in [-0.1, -0.05) is 47.7 Å². The highest BCUT2D eigenvalue weighted by molar-refractivity contribution is 7.16. The molecule has 0 aliphatic rings. The highest BCUT2D eigenvalue weighted by Gasteiger charge is 2.15. The summed E-state index contributed by atoms with van der Waals surface area (Å²) in [5, 5.41) is 2.00. The van der Waals surface area contributed by atoms with Gasteiger partial charge in [0.2, 0.25) is 0 Å². The fourth-order valence-corrected chi connectivity index (χ4v) is 4.69. The Morgan fingerprint density at radius 1 is 1.17 bits per heavy atom. The number of carbonyl (C=O) groups excluding carboxylic acids is 1. The Morgan fingerprint density at radius 3 is 2.59 bits per heavy atom. The Kier molecular flexibility index (Phi) is 5.07. The van der Waals surface area contributed by atoms with Crippen molar-refractivity contribution in [2.45, 2.75) is 20.4 Å². The molecular formula is C24H22N2O2S. The van der Waals surface area contributed by atoms with Crippen molar-refractivity contribution in [1.29, 1.82) is 0 Å². The highest BCUT2D eigenvalue weighted by Crippen LogP contribution is 2.27. The van der Waals surface area contributed by atoms with Crippen molar-refractivity contribution in [3.8, 4) is 5.75 Å². The molecule has 1 amide bonds. The Bertz CT molecular complexity index is 1330. The SMILES string of the molecule is C=CCn1c(=NC(=O)c2cc3ccccc3cc2OC)sc2c(C)cc(C)cc21. The molecule has 146 valence electrons. The van der Waals surface area contributed by atoms with Crippen LogP contribution in [0.25, 0.3) is 21.0 Å². The number of benzene rings is 3. The van der Waals surface area contributed by atoms with Crippen LogP contribution in [0.5, 0.6) is 5.75 Å². The minimum absolute atomic E-state index is 0.314. The molecule has 29 heavy (non-hydrogen) atoms. The highest BCUT2D eigenvalue weighted by atomic mass is 32.1. The Hall–Kier alpha value is -3.18. The number of aromatic nitrogens is 1. The normalized spacial score (nSPS) is 11.9. The van der Waals surface area contributed by atoms with Gasteiger partial charge in [0.1, 0.15) is 5.75 Å². The van der Waals surface area contributed by atoms with Gasteiger partial charge in [0.15, 0.2) is 4.80 Å². The molecule has 4 rings (SSSR count). The van der Waals surface area contributed by atoms with Crippen LogP contribution in [0.3, 0.4) is 0 Å². The lowest BCUT2D eigenvalue weighted by atomic mass is 10.1. The van der Waals surface area contributed by atoms with Gasteiger partial charge in [-0.2, -0.15) is 4.99 Å². The third-order valence-corrected chi connectivity index (χ3v) is 6.15. The molecular weight excluding hydrogens is 380 g/mol. The van der Waals surface area contributed by atoms with Gasteiger partial charge in [0.05, 0.1) is 22.9 Å². The van der Waals surface area contributed by atoms with E-state index in [2.05, 4.69) is 37.6 Å². The van der Waals surface area contributed by atoms with E-state index in [9.17, 15) is 4.79 Å². The van der Waals surface area contributed by atoms with Crippen molar-refractivity contribution < 1.29 is 9.53 Å². The smallest absolute Gasteiger partial charge is 0.283 e. The molecule has 0 saturated heterocycles. The van der Waals surface area contributed by atoms with Crippen molar-refractivity contribution in [2.75, 3.05) is 7.11 Å². The first-order valence-corrected chi connectivity index (χ1v) is 10.2. The van der Waals surface area contributed by atoms with Gasteiger partial charge >= 0.3 is 0 Å². The summed E-state index contributed by atoms with van der Waals surface area (Å²) in [6.07, 6.45) is 1.82. The van der Waals surface area contributed by atoms with Crippen LogP contribution in [0.4, 0.5) is 0 Å². The molecule has 4 nitrogen and oxygen atoms in total. The maximum absolute atomic E-state index is 13.1. The number of nitrogens with zero attached hydrogens (tertiary/aromatic N) is 2. The molecule has 0 fully saturated rings. The minimum Gasteiger partial charge on any atom is -0.496 e. The topological polar surface area (TPSA) is 43.6 Å². The lowest BCUT2D eigenvalue weighted by molar-refractivity contribution is 0.0995. The molecule has 0 unspecified atom stereocenters. The fraction of sp³-hybridized carbons (Fsp3) is 0.167. The Balaban J connectivity index is 1.92. The zero-order valence-electron chi connectivity index (χ0n) is 16.7. The van der Waals surface area contributed by atoms with E-state index < -0.39 is 0 Å². The van der Waals surface area contributed by atoms with Gasteiger partial charge in [-0.3, -0.25) is 4.79 Å². The molecule has 1 aromatic heterocycles. The summed E-state index contributed by atoms with van der Waals surface area (Å²) in [6.45, 7) is 8.61. The van der Waals surface area contributed by atoms with Crippen LogP contribution in [0, 0.1) is 13.8 Å². The summed E-state index contributed by atoms with van der Waals surface area (Å²) < 4.78 is 8.66. The molecule has 4 aromatic rings. The molecule has 0 bridgehead atoms. The molecule has 0 saturated carbocycles. The van der Waals surface area contributed by atoms with E-state index in [0.29, 0.717) is 22.7 Å². The number of fused-ring (bicyclic) bond motifs is 2. The van der Waals surface area contributed by atoms with E-state index in [-0.39, 0.29) is 5.91 Å². The maximum Gasteiger partial charge on any atom is 0.283 e. The number of hydrogen-bond acceptors (Lipinski definition) is 3. The number of aryl methyl sites for hydroxylation is 2. The molecule has 3 aromatic carbocycles. The number of hydrogen-bond donors (Lipinski definition) is 0. The number of methoxy groups -OCH3 is 1. The van der Waals surface area contributed by atoms with Crippen LogP contribution in [0.15, 0.2) is 66.2 Å². The third-order valence-electron chi connectivity index (χ3n) is 4.92. The minimum atomic E-state index is -0.314. The fourth-order valence-electron chi connectivity index (χ4n) is 3.61. The number of allylic oxidation sites excluding steroid dienone is 1. The molecule has 0 atom stereocenters. The summed E-state index contributed by atoms with van der Waals surface area (Å²) in [4.78, 5) is 18.3. The molecule has 0 N–H and O–H groups in total. The van der Waals surface area contributed by atoms with Crippen LogP contribution >= 0.6 is 11.3 Å². The molecule has 0 spiro atoms. The predicted octanol–water partition coefficient (Wildman–Crippen LogP) is 5.41. The average molecular weight is 403 g/mol. The number of rotatable bonds is 4. The second-order valence-electron chi connectivity index (χ2n) is 7.03. The first-order chi connectivity index (χ1) is 14.0. The van der Waals surface area contributed by atoms with Crippen LogP contribution < -0.4 is 9.54 Å². The van der Waals surface area contributed by atoms with Gasteiger partial charge in [-0.05, 0) is 53.9 Å². The summed E-state index contributed by atoms with van der Waals surface area (Å²) in [6, 6.07) is 15.9. The standard InChI is InChI=1S/C24H22N2O2S/c1-5-10-26-20-12-15(2)11-16(3)22(20)29-24(26)25-23(27)19-13-17-8-6-7-9-18(17)14-21(19)28-4/h5-9,11-14H,1,10H2,2-4H3. The van der Waals surface area contributed by atoms with Crippen LogP contribution in [-0.2, 0) is 6.54 Å². The zero-order chi connectivity index (χ0) is 20.5. The van der Waals surface area contributed by atoms with Crippen molar-refractivity contribution in [3.63, 3.8) is 0 Å². The lowest BCUT2D eigenvalue weighted by Crippen LogP contribution is -2.16. The van der Waals surface area contributed by atoms with E-state index in [1.165, 1.54) is 22.5 Å². The van der Waals surface area contributed by atoms with E-state index >= 15 is 0 Å². The Labute approximate surface area is 173 Å². The first-order valence-electron chi connectivity index (χ1n) is 9.39. The number of amides is 1. The lowest BCUT2D eigenvalue weighted by Gasteiger charge is -2.08. The van der Waals surface area contributed by atoms with E-state index in [1.54, 1.807) is 7.11 Å². The second-order valence-corrected chi connectivity index (χ2v) is 8.01. The molecule has 5 heteroatoms. The first kappa shape index (κ1) is 19.2. The summed E-state index contributed by atoms with van der Waals surface area (Å²) in [7, 11) is 1.57. The number of ether oxygens (including phenoxy) is 1. The van der Waals surface area contributed by atoms with Crippen molar-refractivity contribution in [3.05, 3.63) is 82.7 Å². The average Bonchev–Trinajstić information content (AvgIpc) is 3.04. The largest absolute Gasteiger partial charge is 0.496 e. The summed E-state index contributed by atoms with van der Waals surface area (Å²) in [5.41, 5.74) is 3.89. The molecule has 0 aliphatic carbocycles. The van der Waals surface area contributed by atoms with Crippen LogP contribution in [0.1, 0.15) is 21.5 Å². The van der Waals surface area contributed by atoms with Gasteiger partial charge in [0, 0.05) is 6.54 Å². The van der Waals surface area contributed by atoms with Gasteiger partial charge in [-0.25, -0.2) is 0 Å². The Morgan fingerprint density at radius 2 is 1.90 bits per heavy atom. The van der Waals surface area contributed by atoms with E-state index in [4.69, 9.17) is 4.74 Å². The van der Waals surface area contributed by atoms with E-state index in [0.717, 1.165) is 21.0 Å². The van der Waals surface area contributed by atoms with Crippen molar-refractivity contribution >= 4 is 38.2 Å². The van der Waals surface area contributed by atoms with Crippen LogP contribution in [0.2, 0.25) is 0 Å². The third kappa shape index (κ3) is 3.49. The molecule has 1 heterocycles. The monoisotopic (exact) mass is 402 g/mol. The van der Waals surface area contributed by atoms with Crippen LogP contribution in [-0.4, -0.2) is 17.6 Å². The van der Waals surface area contributed by atoms with Gasteiger partial charge in [-0.15, -0.1) is 6.58 Å². The summed E-state index contributed by atoms with van der Waals surface area (Å²) >= 11 is 1.53. The molecule has 0 radical (unpaired) electrons. The number of thiazole rings is 1. The van der Waals surface area contributed by atoms with Crippen molar-refractivity contribution in [1.82, 2.24) is 4.57 Å². The number of carbonyl (C=O) groups is 1.